The van der Waals surface area contributed by atoms with E-state index in [1.807, 2.05) is 6.92 Å². The van der Waals surface area contributed by atoms with Crippen LogP contribution >= 0.6 is 0 Å². The molecule has 0 aromatic carbocycles. The number of rotatable bonds is 10. The first-order valence-corrected chi connectivity index (χ1v) is 10.4. The molecule has 2 N–H and O–H groups in total. The Labute approximate surface area is 160 Å². The largest absolute Gasteiger partial charge is 0.392 e. The van der Waals surface area contributed by atoms with Crippen molar-refractivity contribution in [1.82, 2.24) is 4.90 Å². The first-order valence-electron chi connectivity index (χ1n) is 10.4. The summed E-state index contributed by atoms with van der Waals surface area (Å²) in [5.74, 6) is 1.26. The summed E-state index contributed by atoms with van der Waals surface area (Å²) in [5.41, 5.74) is 0.808. The fourth-order valence-corrected chi connectivity index (χ4v) is 4.38. The van der Waals surface area contributed by atoms with Crippen LogP contribution in [0.5, 0.6) is 0 Å². The first-order chi connectivity index (χ1) is 12.3. The molecular formula is C23H39NO2. The number of aliphatic hydroxyl groups excluding tert-OH is 1. The zero-order chi connectivity index (χ0) is 19.2. The molecule has 1 saturated carbocycles. The second-order valence-corrected chi connectivity index (χ2v) is 8.88. The molecule has 0 radical (unpaired) electrons. The van der Waals surface area contributed by atoms with Gasteiger partial charge in [-0.2, -0.15) is 0 Å². The van der Waals surface area contributed by atoms with Gasteiger partial charge in [-0.3, -0.25) is 0 Å². The summed E-state index contributed by atoms with van der Waals surface area (Å²) in [6.45, 7) is 5.16. The maximum atomic E-state index is 10.5. The van der Waals surface area contributed by atoms with Crippen molar-refractivity contribution in [3.05, 3.63) is 36.0 Å². The van der Waals surface area contributed by atoms with Crippen molar-refractivity contribution in [3.8, 4) is 0 Å². The van der Waals surface area contributed by atoms with Gasteiger partial charge >= 0.3 is 0 Å². The fourth-order valence-electron chi connectivity index (χ4n) is 4.38. The van der Waals surface area contributed by atoms with E-state index in [1.165, 1.54) is 5.57 Å². The number of allylic oxidation sites excluding steroid dienone is 3. The monoisotopic (exact) mass is 361 g/mol. The molecule has 2 aliphatic rings. The molecule has 1 fully saturated rings. The summed E-state index contributed by atoms with van der Waals surface area (Å²) >= 11 is 0. The van der Waals surface area contributed by atoms with E-state index in [0.29, 0.717) is 18.3 Å². The zero-order valence-electron chi connectivity index (χ0n) is 17.2. The lowest BCUT2D eigenvalue weighted by Crippen LogP contribution is -2.23. The minimum atomic E-state index is -0.621. The van der Waals surface area contributed by atoms with Gasteiger partial charge < -0.3 is 15.1 Å². The van der Waals surface area contributed by atoms with Crippen LogP contribution in [0.15, 0.2) is 36.0 Å². The molecule has 26 heavy (non-hydrogen) atoms. The van der Waals surface area contributed by atoms with Gasteiger partial charge in [-0.05, 0) is 65.0 Å². The van der Waals surface area contributed by atoms with Crippen LogP contribution in [0, 0.1) is 17.8 Å². The summed E-state index contributed by atoms with van der Waals surface area (Å²) in [5, 5.41) is 20.9. The predicted molar refractivity (Wildman–Crippen MR) is 110 cm³/mol. The highest BCUT2D eigenvalue weighted by Crippen LogP contribution is 2.47. The molecule has 0 saturated heterocycles. The van der Waals surface area contributed by atoms with E-state index in [0.717, 1.165) is 45.1 Å². The Hall–Kier alpha value is -0.900. The van der Waals surface area contributed by atoms with E-state index in [-0.39, 0.29) is 12.0 Å². The topological polar surface area (TPSA) is 43.7 Å². The van der Waals surface area contributed by atoms with Gasteiger partial charge in [-0.1, -0.05) is 55.7 Å². The van der Waals surface area contributed by atoms with Crippen LogP contribution in [0.2, 0.25) is 0 Å². The molecule has 0 spiro atoms. The Balaban J connectivity index is 1.86. The van der Waals surface area contributed by atoms with Gasteiger partial charge in [0.05, 0.1) is 11.7 Å². The van der Waals surface area contributed by atoms with Crippen molar-refractivity contribution >= 4 is 0 Å². The van der Waals surface area contributed by atoms with E-state index < -0.39 is 5.60 Å². The quantitative estimate of drug-likeness (QED) is 0.569. The summed E-state index contributed by atoms with van der Waals surface area (Å²) in [7, 11) is 4.20. The molecule has 0 aromatic heterocycles. The van der Waals surface area contributed by atoms with E-state index in [9.17, 15) is 10.2 Å². The van der Waals surface area contributed by atoms with E-state index in [2.05, 4.69) is 56.3 Å². The zero-order valence-corrected chi connectivity index (χ0v) is 17.2. The number of hydrogen-bond donors (Lipinski definition) is 2. The van der Waals surface area contributed by atoms with Crippen LogP contribution in [-0.4, -0.2) is 47.5 Å². The molecule has 0 aromatic rings. The summed E-state index contributed by atoms with van der Waals surface area (Å²) in [6.07, 6.45) is 17.7. The smallest absolute Gasteiger partial charge is 0.0654 e. The first kappa shape index (κ1) is 21.4. The lowest BCUT2D eigenvalue weighted by molar-refractivity contribution is 0.0513. The van der Waals surface area contributed by atoms with Gasteiger partial charge in [0, 0.05) is 12.5 Å². The number of aliphatic hydroxyl groups is 2. The second-order valence-electron chi connectivity index (χ2n) is 8.88. The summed E-state index contributed by atoms with van der Waals surface area (Å²) < 4.78 is 0. The molecule has 0 aliphatic heterocycles. The predicted octanol–water partition coefficient (Wildman–Crippen LogP) is 4.33. The summed E-state index contributed by atoms with van der Waals surface area (Å²) in [4.78, 5) is 2.20. The Kier molecular flexibility index (Phi) is 8.12. The molecule has 3 nitrogen and oxygen atoms in total. The van der Waals surface area contributed by atoms with Crippen LogP contribution in [0.4, 0.5) is 0 Å². The fraction of sp³-hybridized carbons (Fsp3) is 0.739. The normalized spacial score (nSPS) is 31.1. The van der Waals surface area contributed by atoms with Crippen molar-refractivity contribution in [2.24, 2.45) is 17.8 Å². The molecule has 3 heteroatoms. The number of unbranched alkanes of at least 4 members (excludes halogenated alkanes) is 1. The Bertz CT molecular complexity index is 518. The highest BCUT2D eigenvalue weighted by Gasteiger charge is 2.42. The molecule has 0 heterocycles. The van der Waals surface area contributed by atoms with Gasteiger partial charge in [0.2, 0.25) is 0 Å². The van der Waals surface area contributed by atoms with E-state index >= 15 is 0 Å². The average Bonchev–Trinajstić information content (AvgIpc) is 3.07. The van der Waals surface area contributed by atoms with Gasteiger partial charge in [0.1, 0.15) is 0 Å². The number of fused-ring (bicyclic) bond motifs is 1. The molecule has 2 rings (SSSR count). The Morgan fingerprint density at radius 1 is 1.31 bits per heavy atom. The standard InChI is InChI=1S/C23H39NO2/c1-5-6-12-23(2,26)13-9-11-20-21-16-18(10-7-8-14-24(3)4)15-19(21)17-22(20)25/h7,9-11,15,19-22,25-26H,5-6,8,12-14,16-17H2,1-4H3/b10-7-,11-9+/t19-,20+,21-,22+,23-/m0/s1. The van der Waals surface area contributed by atoms with Crippen LogP contribution in [-0.2, 0) is 0 Å². The number of hydrogen-bond acceptors (Lipinski definition) is 3. The van der Waals surface area contributed by atoms with Gasteiger partial charge in [-0.25, -0.2) is 0 Å². The average molecular weight is 362 g/mol. The third-order valence-electron chi connectivity index (χ3n) is 5.96. The molecule has 0 bridgehead atoms. The molecule has 5 atom stereocenters. The van der Waals surface area contributed by atoms with Gasteiger partial charge in [0.15, 0.2) is 0 Å². The third kappa shape index (κ3) is 6.37. The van der Waals surface area contributed by atoms with Gasteiger partial charge in [0.25, 0.3) is 0 Å². The van der Waals surface area contributed by atoms with Crippen LogP contribution in [0.1, 0.15) is 58.8 Å². The van der Waals surface area contributed by atoms with Gasteiger partial charge in [-0.15, -0.1) is 0 Å². The highest BCUT2D eigenvalue weighted by molar-refractivity contribution is 5.28. The lowest BCUT2D eigenvalue weighted by Gasteiger charge is -2.22. The minimum Gasteiger partial charge on any atom is -0.392 e. The van der Waals surface area contributed by atoms with Crippen molar-refractivity contribution in [2.75, 3.05) is 20.6 Å². The van der Waals surface area contributed by atoms with E-state index in [1.54, 1.807) is 0 Å². The van der Waals surface area contributed by atoms with Crippen LogP contribution in [0.25, 0.3) is 0 Å². The highest BCUT2D eigenvalue weighted by atomic mass is 16.3. The van der Waals surface area contributed by atoms with Crippen molar-refractivity contribution < 1.29 is 10.2 Å². The second kappa shape index (κ2) is 9.87. The van der Waals surface area contributed by atoms with Crippen LogP contribution < -0.4 is 0 Å². The minimum absolute atomic E-state index is 0.228. The molecule has 148 valence electrons. The summed E-state index contributed by atoms with van der Waals surface area (Å²) in [6, 6.07) is 0. The van der Waals surface area contributed by atoms with Crippen molar-refractivity contribution in [1.29, 1.82) is 0 Å². The maximum Gasteiger partial charge on any atom is 0.0654 e. The lowest BCUT2D eigenvalue weighted by atomic mass is 9.88. The Morgan fingerprint density at radius 3 is 2.77 bits per heavy atom. The maximum absolute atomic E-state index is 10.5. The number of nitrogens with zero attached hydrogens (tertiary/aromatic N) is 1. The van der Waals surface area contributed by atoms with E-state index in [4.69, 9.17) is 0 Å². The van der Waals surface area contributed by atoms with Crippen molar-refractivity contribution in [3.63, 3.8) is 0 Å². The third-order valence-corrected chi connectivity index (χ3v) is 5.96. The molecule has 0 amide bonds. The molecule has 2 aliphatic carbocycles. The Morgan fingerprint density at radius 2 is 2.08 bits per heavy atom. The van der Waals surface area contributed by atoms with Crippen LogP contribution in [0.3, 0.4) is 0 Å². The van der Waals surface area contributed by atoms with Crippen molar-refractivity contribution in [2.45, 2.75) is 70.5 Å². The molecule has 0 unspecified atom stereocenters. The SMILES string of the molecule is CCCC[C@](C)(O)C/C=C/[C@@H]1[C@H]2CC(/C=C\CCN(C)C)=C[C@H]2C[C@H]1O. The molecular weight excluding hydrogens is 322 g/mol.